The molecule has 0 aliphatic heterocycles. The van der Waals surface area contributed by atoms with Crippen molar-refractivity contribution in [3.05, 3.63) is 51.5 Å². The molecule has 0 bridgehead atoms. The number of nitrogens with zero attached hydrogens (tertiary/aromatic N) is 1. The van der Waals surface area contributed by atoms with Gasteiger partial charge in [-0.25, -0.2) is 4.98 Å². The first kappa shape index (κ1) is 20.1. The van der Waals surface area contributed by atoms with E-state index in [2.05, 4.69) is 33.2 Å². The molecular weight excluding hydrogens is 448 g/mol. The van der Waals surface area contributed by atoms with Gasteiger partial charge in [0, 0.05) is 10.6 Å². The third kappa shape index (κ3) is 5.43. The first-order valence-electron chi connectivity index (χ1n) is 8.86. The zero-order chi connectivity index (χ0) is 19.2. The summed E-state index contributed by atoms with van der Waals surface area (Å²) in [6.07, 6.45) is 4.63. The highest BCUT2D eigenvalue weighted by Crippen LogP contribution is 2.30. The second kappa shape index (κ2) is 9.53. The van der Waals surface area contributed by atoms with Gasteiger partial charge in [-0.3, -0.25) is 10.1 Å². The number of rotatable bonds is 8. The first-order chi connectivity index (χ1) is 13.1. The highest BCUT2D eigenvalue weighted by molar-refractivity contribution is 9.10. The van der Waals surface area contributed by atoms with Crippen LogP contribution in [0.15, 0.2) is 40.9 Å². The molecule has 0 fully saturated rings. The number of benzene rings is 2. The molecule has 0 saturated heterocycles. The largest absolute Gasteiger partial charge is 0.492 e. The number of thiazole rings is 1. The lowest BCUT2D eigenvalue weighted by Gasteiger charge is -2.09. The van der Waals surface area contributed by atoms with Crippen LogP contribution in [0.1, 0.15) is 43.0 Å². The van der Waals surface area contributed by atoms with Crippen LogP contribution in [0, 0.1) is 0 Å². The fourth-order valence-corrected chi connectivity index (χ4v) is 4.22. The van der Waals surface area contributed by atoms with E-state index in [1.54, 1.807) is 18.2 Å². The Hall–Kier alpha value is -1.63. The number of hydrogen-bond acceptors (Lipinski definition) is 4. The third-order valence-electron chi connectivity index (χ3n) is 4.02. The number of nitrogens with one attached hydrogen (secondary N) is 1. The van der Waals surface area contributed by atoms with Crippen molar-refractivity contribution < 1.29 is 9.53 Å². The summed E-state index contributed by atoms with van der Waals surface area (Å²) in [5.74, 6) is 0.535. The number of amides is 1. The van der Waals surface area contributed by atoms with Gasteiger partial charge in [0.25, 0.3) is 5.91 Å². The summed E-state index contributed by atoms with van der Waals surface area (Å²) in [7, 11) is 0. The number of anilines is 1. The monoisotopic (exact) mass is 466 g/mol. The summed E-state index contributed by atoms with van der Waals surface area (Å²) in [6, 6.07) is 10.8. The van der Waals surface area contributed by atoms with Gasteiger partial charge in [-0.15, -0.1) is 0 Å². The average molecular weight is 468 g/mol. The van der Waals surface area contributed by atoms with E-state index < -0.39 is 0 Å². The molecule has 1 aromatic heterocycles. The van der Waals surface area contributed by atoms with Crippen LogP contribution >= 0.6 is 38.9 Å². The molecule has 3 aromatic rings. The molecule has 0 radical (unpaired) electrons. The van der Waals surface area contributed by atoms with Crippen LogP contribution in [-0.4, -0.2) is 17.5 Å². The number of ether oxygens (including phenoxy) is 1. The van der Waals surface area contributed by atoms with Crippen LogP contribution < -0.4 is 10.1 Å². The van der Waals surface area contributed by atoms with Gasteiger partial charge in [-0.1, -0.05) is 49.1 Å². The molecule has 27 heavy (non-hydrogen) atoms. The maximum atomic E-state index is 12.5. The third-order valence-corrected chi connectivity index (χ3v) is 5.81. The molecule has 7 heteroatoms. The van der Waals surface area contributed by atoms with Crippen LogP contribution in [0.4, 0.5) is 5.13 Å². The van der Waals surface area contributed by atoms with Crippen LogP contribution in [0.2, 0.25) is 5.02 Å². The Morgan fingerprint density at radius 1 is 1.22 bits per heavy atom. The second-order valence-electron chi connectivity index (χ2n) is 6.14. The predicted molar refractivity (Wildman–Crippen MR) is 116 cm³/mol. The Morgan fingerprint density at radius 2 is 2.07 bits per heavy atom. The Morgan fingerprint density at radius 3 is 2.85 bits per heavy atom. The molecular formula is C20H20BrClN2O2S. The number of carbonyl (C=O) groups excluding carboxylic acids is 1. The molecule has 2 aromatic carbocycles. The molecule has 0 aliphatic rings. The summed E-state index contributed by atoms with van der Waals surface area (Å²) in [5.41, 5.74) is 1.35. The van der Waals surface area contributed by atoms with Crippen LogP contribution in [0.5, 0.6) is 5.75 Å². The van der Waals surface area contributed by atoms with Crippen LogP contribution in [-0.2, 0) is 0 Å². The lowest BCUT2D eigenvalue weighted by molar-refractivity contribution is 0.102. The zero-order valence-corrected chi connectivity index (χ0v) is 18.1. The Kier molecular flexibility index (Phi) is 7.10. The smallest absolute Gasteiger partial charge is 0.257 e. The van der Waals surface area contributed by atoms with E-state index in [0.29, 0.717) is 22.3 Å². The number of halogens is 2. The van der Waals surface area contributed by atoms with Gasteiger partial charge in [0.1, 0.15) is 5.75 Å². The SMILES string of the molecule is CCCCCCOc1ccc(C(=O)Nc2nc3ccc(Cl)cc3s2)cc1Br. The molecule has 3 rings (SSSR count). The van der Waals surface area contributed by atoms with Crippen molar-refractivity contribution in [2.45, 2.75) is 32.6 Å². The zero-order valence-electron chi connectivity index (χ0n) is 14.9. The summed E-state index contributed by atoms with van der Waals surface area (Å²) in [6.45, 7) is 2.86. The molecule has 0 atom stereocenters. The molecule has 1 N–H and O–H groups in total. The van der Waals surface area contributed by atoms with Crippen molar-refractivity contribution in [2.75, 3.05) is 11.9 Å². The molecule has 0 aliphatic carbocycles. The first-order valence-corrected chi connectivity index (χ1v) is 10.9. The fourth-order valence-electron chi connectivity index (χ4n) is 2.59. The molecule has 142 valence electrons. The van der Waals surface area contributed by atoms with E-state index in [-0.39, 0.29) is 5.91 Å². The lowest BCUT2D eigenvalue weighted by atomic mass is 10.2. The minimum Gasteiger partial charge on any atom is -0.492 e. The summed E-state index contributed by atoms with van der Waals surface area (Å²) in [5, 5.41) is 4.04. The molecule has 0 saturated carbocycles. The molecule has 1 amide bonds. The van der Waals surface area contributed by atoms with Gasteiger partial charge >= 0.3 is 0 Å². The quantitative estimate of drug-likeness (QED) is 0.366. The standard InChI is InChI=1S/C20H20BrClN2O2S/c1-2-3-4-5-10-26-17-9-6-13(11-15(17)21)19(25)24-20-23-16-8-7-14(22)12-18(16)27-20/h6-9,11-12H,2-5,10H2,1H3,(H,23,24,25). The van der Waals surface area contributed by atoms with Crippen molar-refractivity contribution in [2.24, 2.45) is 0 Å². The van der Waals surface area contributed by atoms with E-state index in [4.69, 9.17) is 16.3 Å². The van der Waals surface area contributed by atoms with Crippen molar-refractivity contribution in [1.82, 2.24) is 4.98 Å². The van der Waals surface area contributed by atoms with Crippen molar-refractivity contribution in [1.29, 1.82) is 0 Å². The van der Waals surface area contributed by atoms with Crippen LogP contribution in [0.3, 0.4) is 0 Å². The average Bonchev–Trinajstić information content (AvgIpc) is 3.03. The van der Waals surface area contributed by atoms with Crippen LogP contribution in [0.25, 0.3) is 10.2 Å². The van der Waals surface area contributed by atoms with Gasteiger partial charge in [0.15, 0.2) is 5.13 Å². The number of fused-ring (bicyclic) bond motifs is 1. The Bertz CT molecular complexity index is 945. The predicted octanol–water partition coefficient (Wildman–Crippen LogP) is 6.92. The summed E-state index contributed by atoms with van der Waals surface area (Å²) < 4.78 is 7.49. The molecule has 0 unspecified atom stereocenters. The van der Waals surface area contributed by atoms with Gasteiger partial charge in [-0.05, 0) is 58.7 Å². The van der Waals surface area contributed by atoms with E-state index in [0.717, 1.165) is 26.9 Å². The van der Waals surface area contributed by atoms with Crippen molar-refractivity contribution in [3.63, 3.8) is 0 Å². The molecule has 0 spiro atoms. The van der Waals surface area contributed by atoms with Gasteiger partial charge < -0.3 is 4.74 Å². The highest BCUT2D eigenvalue weighted by atomic mass is 79.9. The Labute approximate surface area is 176 Å². The number of unbranched alkanes of at least 4 members (excludes halogenated alkanes) is 3. The minimum absolute atomic E-state index is 0.213. The van der Waals surface area contributed by atoms with Gasteiger partial charge in [0.2, 0.25) is 0 Å². The van der Waals surface area contributed by atoms with E-state index in [9.17, 15) is 4.79 Å². The normalized spacial score (nSPS) is 10.9. The minimum atomic E-state index is -0.213. The highest BCUT2D eigenvalue weighted by Gasteiger charge is 2.12. The van der Waals surface area contributed by atoms with Crippen molar-refractivity contribution >= 4 is 60.1 Å². The second-order valence-corrected chi connectivity index (χ2v) is 8.46. The van der Waals surface area contributed by atoms with E-state index >= 15 is 0 Å². The fraction of sp³-hybridized carbons (Fsp3) is 0.300. The number of carbonyl (C=O) groups is 1. The molecule has 4 nitrogen and oxygen atoms in total. The van der Waals surface area contributed by atoms with E-state index in [1.165, 1.54) is 30.6 Å². The van der Waals surface area contributed by atoms with Gasteiger partial charge in [-0.2, -0.15) is 0 Å². The lowest BCUT2D eigenvalue weighted by Crippen LogP contribution is -2.11. The van der Waals surface area contributed by atoms with Gasteiger partial charge in [0.05, 0.1) is 21.3 Å². The number of hydrogen-bond donors (Lipinski definition) is 1. The maximum absolute atomic E-state index is 12.5. The van der Waals surface area contributed by atoms with Crippen molar-refractivity contribution in [3.8, 4) is 5.75 Å². The number of aromatic nitrogens is 1. The summed E-state index contributed by atoms with van der Waals surface area (Å²) in [4.78, 5) is 16.9. The Balaban J connectivity index is 1.63. The maximum Gasteiger partial charge on any atom is 0.257 e. The molecule has 1 heterocycles. The topological polar surface area (TPSA) is 51.2 Å². The van der Waals surface area contributed by atoms with E-state index in [1.807, 2.05) is 18.2 Å². The summed E-state index contributed by atoms with van der Waals surface area (Å²) >= 11 is 10.9.